The van der Waals surface area contributed by atoms with Crippen molar-refractivity contribution in [2.75, 3.05) is 26.7 Å². The van der Waals surface area contributed by atoms with E-state index in [0.717, 1.165) is 31.7 Å². The average Bonchev–Trinajstić information content (AvgIpc) is 2.52. The van der Waals surface area contributed by atoms with Gasteiger partial charge < -0.3 is 10.0 Å². The summed E-state index contributed by atoms with van der Waals surface area (Å²) in [5, 5.41) is 9.03. The number of carboxylic acid groups (broad SMARTS) is 1. The molecule has 1 aliphatic heterocycles. The Kier molecular flexibility index (Phi) is 4.56. The van der Waals surface area contributed by atoms with Crippen LogP contribution < -0.4 is 0 Å². The maximum absolute atomic E-state index is 11.0. The van der Waals surface area contributed by atoms with Crippen LogP contribution in [0.25, 0.3) is 0 Å². The van der Waals surface area contributed by atoms with E-state index in [1.54, 1.807) is 12.1 Å². The van der Waals surface area contributed by atoms with Crippen LogP contribution in [0.5, 0.6) is 0 Å². The van der Waals surface area contributed by atoms with Gasteiger partial charge in [-0.2, -0.15) is 0 Å². The van der Waals surface area contributed by atoms with E-state index in [1.807, 2.05) is 12.1 Å². The van der Waals surface area contributed by atoms with Crippen molar-refractivity contribution < 1.29 is 9.90 Å². The first-order valence-electron chi connectivity index (χ1n) is 6.81. The highest BCUT2D eigenvalue weighted by Crippen LogP contribution is 2.14. The molecule has 0 bridgehead atoms. The summed E-state index contributed by atoms with van der Waals surface area (Å²) < 4.78 is 0. The van der Waals surface area contributed by atoms with Gasteiger partial charge in [0.15, 0.2) is 0 Å². The summed E-state index contributed by atoms with van der Waals surface area (Å²) >= 11 is 0. The highest BCUT2D eigenvalue weighted by atomic mass is 16.4. The van der Waals surface area contributed by atoms with Crippen LogP contribution >= 0.6 is 0 Å². The molecule has 1 fully saturated rings. The molecule has 19 heavy (non-hydrogen) atoms. The van der Waals surface area contributed by atoms with Crippen LogP contribution in [0, 0.1) is 0 Å². The number of carboxylic acids is 1. The lowest BCUT2D eigenvalue weighted by Crippen LogP contribution is -2.37. The SMILES string of the molecule is CC1CN(C)CCCN1Cc1cccc(C(=O)O)c1. The standard InChI is InChI=1S/C15H22N2O2/c1-12-10-16(2)7-4-8-17(12)11-13-5-3-6-14(9-13)15(18)19/h3,5-6,9,12H,4,7-8,10-11H2,1-2H3,(H,18,19). The molecule has 0 saturated carbocycles. The maximum Gasteiger partial charge on any atom is 0.335 e. The summed E-state index contributed by atoms with van der Waals surface area (Å²) in [5.41, 5.74) is 1.45. The third-order valence-electron chi connectivity index (χ3n) is 3.74. The largest absolute Gasteiger partial charge is 0.478 e. The molecule has 4 nitrogen and oxygen atoms in total. The molecule has 1 unspecified atom stereocenters. The number of rotatable bonds is 3. The third-order valence-corrected chi connectivity index (χ3v) is 3.74. The first-order chi connectivity index (χ1) is 9.06. The van der Waals surface area contributed by atoms with Crippen LogP contribution in [0.1, 0.15) is 29.3 Å². The lowest BCUT2D eigenvalue weighted by Gasteiger charge is -2.27. The van der Waals surface area contributed by atoms with Gasteiger partial charge in [-0.15, -0.1) is 0 Å². The first kappa shape index (κ1) is 14.0. The van der Waals surface area contributed by atoms with Crippen molar-refractivity contribution in [1.29, 1.82) is 0 Å². The summed E-state index contributed by atoms with van der Waals surface area (Å²) in [6.07, 6.45) is 1.17. The molecule has 0 aliphatic carbocycles. The molecule has 2 rings (SSSR count). The fourth-order valence-electron chi connectivity index (χ4n) is 2.69. The van der Waals surface area contributed by atoms with Gasteiger partial charge in [0.1, 0.15) is 0 Å². The normalized spacial score (nSPS) is 22.1. The smallest absolute Gasteiger partial charge is 0.335 e. The molecule has 1 atom stereocenters. The van der Waals surface area contributed by atoms with Gasteiger partial charge in [-0.05, 0) is 44.6 Å². The molecule has 104 valence electrons. The van der Waals surface area contributed by atoms with Crippen molar-refractivity contribution >= 4 is 5.97 Å². The Morgan fingerprint density at radius 1 is 1.42 bits per heavy atom. The lowest BCUT2D eigenvalue weighted by molar-refractivity contribution is 0.0696. The van der Waals surface area contributed by atoms with Crippen molar-refractivity contribution in [2.45, 2.75) is 25.9 Å². The molecular formula is C15H22N2O2. The van der Waals surface area contributed by atoms with E-state index < -0.39 is 5.97 Å². The van der Waals surface area contributed by atoms with Crippen LogP contribution in [0.3, 0.4) is 0 Å². The number of carbonyl (C=O) groups is 1. The summed E-state index contributed by atoms with van der Waals surface area (Å²) in [5.74, 6) is -0.856. The number of nitrogens with zero attached hydrogens (tertiary/aromatic N) is 2. The van der Waals surface area contributed by atoms with Crippen molar-refractivity contribution in [2.24, 2.45) is 0 Å². The van der Waals surface area contributed by atoms with Crippen molar-refractivity contribution in [1.82, 2.24) is 9.80 Å². The van der Waals surface area contributed by atoms with Crippen LogP contribution in [0.2, 0.25) is 0 Å². The minimum Gasteiger partial charge on any atom is -0.478 e. The predicted molar refractivity (Wildman–Crippen MR) is 75.4 cm³/mol. The topological polar surface area (TPSA) is 43.8 Å². The van der Waals surface area contributed by atoms with E-state index in [-0.39, 0.29) is 0 Å². The van der Waals surface area contributed by atoms with Crippen molar-refractivity contribution in [3.63, 3.8) is 0 Å². The molecule has 4 heteroatoms. The Bertz CT molecular complexity index is 448. The summed E-state index contributed by atoms with van der Waals surface area (Å²) in [7, 11) is 2.16. The zero-order valence-corrected chi connectivity index (χ0v) is 11.7. The lowest BCUT2D eigenvalue weighted by atomic mass is 10.1. The van der Waals surface area contributed by atoms with Gasteiger partial charge in [0.2, 0.25) is 0 Å². The Labute approximate surface area is 114 Å². The quantitative estimate of drug-likeness (QED) is 0.903. The summed E-state index contributed by atoms with van der Waals surface area (Å²) in [6, 6.07) is 7.76. The Balaban J connectivity index is 2.07. The molecule has 1 aliphatic rings. The van der Waals surface area contributed by atoms with E-state index in [0.29, 0.717) is 11.6 Å². The first-order valence-corrected chi connectivity index (χ1v) is 6.81. The summed E-state index contributed by atoms with van der Waals surface area (Å²) in [6.45, 7) is 6.34. The third kappa shape index (κ3) is 3.78. The second-order valence-corrected chi connectivity index (χ2v) is 5.44. The number of aromatic carboxylic acids is 1. The molecule has 1 aromatic rings. The minimum absolute atomic E-state index is 0.372. The minimum atomic E-state index is -0.856. The zero-order chi connectivity index (χ0) is 13.8. The van der Waals surface area contributed by atoms with Crippen molar-refractivity contribution in [3.05, 3.63) is 35.4 Å². The van der Waals surface area contributed by atoms with Gasteiger partial charge in [0, 0.05) is 25.7 Å². The number of likely N-dealkylation sites (N-methyl/N-ethyl adjacent to an activating group) is 1. The molecule has 0 radical (unpaired) electrons. The molecule has 0 amide bonds. The predicted octanol–water partition coefficient (Wildman–Crippen LogP) is 1.91. The Hall–Kier alpha value is -1.39. The van der Waals surface area contributed by atoms with E-state index in [1.165, 1.54) is 6.42 Å². The molecule has 1 heterocycles. The Morgan fingerprint density at radius 3 is 2.95 bits per heavy atom. The summed E-state index contributed by atoms with van der Waals surface area (Å²) in [4.78, 5) is 15.8. The van der Waals surface area contributed by atoms with E-state index in [9.17, 15) is 4.79 Å². The number of benzene rings is 1. The van der Waals surface area contributed by atoms with Gasteiger partial charge in [0.05, 0.1) is 5.56 Å². The van der Waals surface area contributed by atoms with Crippen LogP contribution in [0.4, 0.5) is 0 Å². The monoisotopic (exact) mass is 262 g/mol. The second-order valence-electron chi connectivity index (χ2n) is 5.44. The van der Waals surface area contributed by atoms with Crippen LogP contribution in [0.15, 0.2) is 24.3 Å². The van der Waals surface area contributed by atoms with Gasteiger partial charge in [-0.3, -0.25) is 4.90 Å². The maximum atomic E-state index is 11.0. The van der Waals surface area contributed by atoms with Crippen LogP contribution in [-0.2, 0) is 6.54 Å². The Morgan fingerprint density at radius 2 is 2.21 bits per heavy atom. The number of hydrogen-bond donors (Lipinski definition) is 1. The van der Waals surface area contributed by atoms with Gasteiger partial charge in [-0.1, -0.05) is 12.1 Å². The van der Waals surface area contributed by atoms with E-state index in [4.69, 9.17) is 5.11 Å². The molecule has 0 aromatic heterocycles. The molecule has 0 spiro atoms. The molecular weight excluding hydrogens is 240 g/mol. The highest BCUT2D eigenvalue weighted by molar-refractivity contribution is 5.87. The van der Waals surface area contributed by atoms with E-state index in [2.05, 4.69) is 23.8 Å². The zero-order valence-electron chi connectivity index (χ0n) is 11.7. The van der Waals surface area contributed by atoms with Crippen molar-refractivity contribution in [3.8, 4) is 0 Å². The van der Waals surface area contributed by atoms with Gasteiger partial charge >= 0.3 is 5.97 Å². The van der Waals surface area contributed by atoms with E-state index >= 15 is 0 Å². The fraction of sp³-hybridized carbons (Fsp3) is 0.533. The second kappa shape index (κ2) is 6.17. The van der Waals surface area contributed by atoms with Gasteiger partial charge in [-0.25, -0.2) is 4.79 Å². The van der Waals surface area contributed by atoms with Gasteiger partial charge in [0.25, 0.3) is 0 Å². The molecule has 1 N–H and O–H groups in total. The fourth-order valence-corrected chi connectivity index (χ4v) is 2.69. The molecule has 1 aromatic carbocycles. The van der Waals surface area contributed by atoms with Crippen LogP contribution in [-0.4, -0.2) is 53.6 Å². The average molecular weight is 262 g/mol. The number of hydrogen-bond acceptors (Lipinski definition) is 3. The highest BCUT2D eigenvalue weighted by Gasteiger charge is 2.19. The molecule has 1 saturated heterocycles.